The van der Waals surface area contributed by atoms with E-state index in [0.29, 0.717) is 0 Å². The fraction of sp³-hybridized carbons (Fsp3) is 0.714. The molecule has 0 spiro atoms. The minimum Gasteiger partial charge on any atom is -0.299 e. The van der Waals surface area contributed by atoms with Gasteiger partial charge in [-0.15, -0.1) is 0 Å². The predicted octanol–water partition coefficient (Wildman–Crippen LogP) is 1.92. The van der Waals surface area contributed by atoms with Gasteiger partial charge in [0.15, 0.2) is 0 Å². The van der Waals surface area contributed by atoms with Gasteiger partial charge >= 0.3 is 0 Å². The van der Waals surface area contributed by atoms with Crippen molar-refractivity contribution in [2.45, 2.75) is 13.8 Å². The van der Waals surface area contributed by atoms with Crippen molar-refractivity contribution < 1.29 is 0 Å². The molecule has 0 amide bonds. The quantitative estimate of drug-likeness (QED) is 0.591. The third kappa shape index (κ3) is 2.41. The van der Waals surface area contributed by atoms with E-state index in [1.807, 2.05) is 11.8 Å². The van der Waals surface area contributed by atoms with Gasteiger partial charge in [0.1, 0.15) is 0 Å². The normalized spacial score (nSPS) is 16.1. The van der Waals surface area contributed by atoms with Gasteiger partial charge in [0.05, 0.1) is 0 Å². The smallest absolute Gasteiger partial charge is 0.0301 e. The number of hydrogen-bond donors (Lipinski definition) is 0. The number of hydrogen-bond acceptors (Lipinski definition) is 2. The van der Waals surface area contributed by atoms with Crippen LogP contribution in [0.5, 0.6) is 0 Å². The van der Waals surface area contributed by atoms with Crippen LogP contribution in [0, 0.1) is 0 Å². The first-order chi connectivity index (χ1) is 4.36. The third-order valence-electron chi connectivity index (χ3n) is 1.56. The summed E-state index contributed by atoms with van der Waals surface area (Å²) in [6.07, 6.45) is 0. The lowest BCUT2D eigenvalue weighted by Gasteiger charge is -2.14. The molecule has 0 atom stereocenters. The van der Waals surface area contributed by atoms with E-state index >= 15 is 0 Å². The summed E-state index contributed by atoms with van der Waals surface area (Å²) in [5.74, 6) is 0. The maximum absolute atomic E-state index is 2.42. The van der Waals surface area contributed by atoms with Crippen LogP contribution in [0.4, 0.5) is 0 Å². The highest BCUT2D eigenvalue weighted by molar-refractivity contribution is 8.12. The van der Waals surface area contributed by atoms with Crippen LogP contribution in [0.25, 0.3) is 0 Å². The van der Waals surface area contributed by atoms with Crippen LogP contribution < -0.4 is 0 Å². The molecule has 9 heavy (non-hydrogen) atoms. The molecular weight excluding hydrogens is 130 g/mol. The fourth-order valence-corrected chi connectivity index (χ4v) is 1.20. The summed E-state index contributed by atoms with van der Waals surface area (Å²) in [6, 6.07) is 0. The van der Waals surface area contributed by atoms with Crippen LogP contribution in [-0.4, -0.2) is 24.5 Å². The van der Waals surface area contributed by atoms with Crippen LogP contribution in [0.15, 0.2) is 10.3 Å². The Bertz CT molecular complexity index is 116. The van der Waals surface area contributed by atoms with Gasteiger partial charge in [-0.3, -0.25) is 4.90 Å². The molecule has 0 fully saturated rings. The van der Waals surface area contributed by atoms with Gasteiger partial charge in [-0.2, -0.15) is 0 Å². The molecule has 2 heteroatoms. The summed E-state index contributed by atoms with van der Waals surface area (Å²) in [7, 11) is 0. The molecular formula is C7H13NS. The highest BCUT2D eigenvalue weighted by Gasteiger charge is 2.10. The van der Waals surface area contributed by atoms with Crippen LogP contribution >= 0.6 is 11.8 Å². The van der Waals surface area contributed by atoms with Crippen molar-refractivity contribution in [3.63, 3.8) is 0 Å². The van der Waals surface area contributed by atoms with E-state index in [1.54, 1.807) is 4.91 Å². The summed E-state index contributed by atoms with van der Waals surface area (Å²) in [4.78, 5) is 3.96. The molecule has 0 saturated heterocycles. The summed E-state index contributed by atoms with van der Waals surface area (Å²) < 4.78 is 0. The number of thioether (sulfide) groups is 1. The van der Waals surface area contributed by atoms with Crippen molar-refractivity contribution in [1.29, 1.82) is 0 Å². The highest BCUT2D eigenvalue weighted by Crippen LogP contribution is 2.33. The molecule has 0 saturated carbocycles. The minimum absolute atomic E-state index is 1.18. The van der Waals surface area contributed by atoms with Crippen LogP contribution in [0.3, 0.4) is 0 Å². The average molecular weight is 143 g/mol. The summed E-state index contributed by atoms with van der Waals surface area (Å²) in [5.41, 5.74) is 0. The second-order valence-corrected chi connectivity index (χ2v) is 3.16. The van der Waals surface area contributed by atoms with Crippen LogP contribution in [-0.2, 0) is 0 Å². The molecule has 52 valence electrons. The van der Waals surface area contributed by atoms with E-state index in [-0.39, 0.29) is 0 Å². The maximum Gasteiger partial charge on any atom is 0.0301 e. The van der Waals surface area contributed by atoms with Gasteiger partial charge in [-0.25, -0.2) is 0 Å². The van der Waals surface area contributed by atoms with E-state index in [0.717, 1.165) is 0 Å². The molecule has 0 unspecified atom stereocenters. The van der Waals surface area contributed by atoms with Crippen molar-refractivity contribution in [1.82, 2.24) is 4.90 Å². The Morgan fingerprint density at radius 1 is 1.44 bits per heavy atom. The predicted molar refractivity (Wildman–Crippen MR) is 43.5 cm³/mol. The Balaban J connectivity index is 2.13. The lowest BCUT2D eigenvalue weighted by atomic mass is 10.5. The van der Waals surface area contributed by atoms with Gasteiger partial charge in [0.25, 0.3) is 0 Å². The number of rotatable bonds is 4. The topological polar surface area (TPSA) is 3.24 Å². The largest absolute Gasteiger partial charge is 0.299 e. The summed E-state index contributed by atoms with van der Waals surface area (Å²) in [6.45, 7) is 7.94. The van der Waals surface area contributed by atoms with Gasteiger partial charge in [0.2, 0.25) is 0 Å². The molecule has 0 radical (unpaired) electrons. The average Bonchev–Trinajstić information content (AvgIpc) is 2.66. The molecule has 0 aromatic heterocycles. The number of nitrogens with zero attached hydrogens (tertiary/aromatic N) is 1. The van der Waals surface area contributed by atoms with Crippen molar-refractivity contribution in [3.8, 4) is 0 Å². The minimum atomic E-state index is 1.18. The molecule has 1 rings (SSSR count). The Morgan fingerprint density at radius 2 is 2.00 bits per heavy atom. The first-order valence-corrected chi connectivity index (χ1v) is 4.32. The fourth-order valence-electron chi connectivity index (χ4n) is 0.784. The second-order valence-electron chi connectivity index (χ2n) is 2.16. The Hall–Kier alpha value is 0.0500. The zero-order valence-electron chi connectivity index (χ0n) is 6.05. The van der Waals surface area contributed by atoms with Crippen molar-refractivity contribution in [3.05, 3.63) is 10.3 Å². The standard InChI is InChI=1S/C7H13NS/c1-3-8(4-2)5-7-6-9-7/h6H,3-5H2,1-2H3. The first-order valence-electron chi connectivity index (χ1n) is 3.44. The molecule has 0 bridgehead atoms. The Labute approximate surface area is 61.1 Å². The van der Waals surface area contributed by atoms with Gasteiger partial charge in [-0.1, -0.05) is 25.6 Å². The molecule has 1 aliphatic rings. The molecule has 0 aliphatic carbocycles. The Kier molecular flexibility index (Phi) is 2.61. The molecule has 1 aliphatic heterocycles. The first kappa shape index (κ1) is 7.16. The third-order valence-corrected chi connectivity index (χ3v) is 2.26. The van der Waals surface area contributed by atoms with E-state index in [1.165, 1.54) is 19.6 Å². The van der Waals surface area contributed by atoms with Crippen molar-refractivity contribution in [2.75, 3.05) is 19.6 Å². The van der Waals surface area contributed by atoms with E-state index in [2.05, 4.69) is 24.2 Å². The van der Waals surface area contributed by atoms with Gasteiger partial charge < -0.3 is 0 Å². The monoisotopic (exact) mass is 143 g/mol. The Morgan fingerprint density at radius 3 is 2.33 bits per heavy atom. The van der Waals surface area contributed by atoms with Crippen molar-refractivity contribution in [2.24, 2.45) is 0 Å². The van der Waals surface area contributed by atoms with Gasteiger partial charge in [-0.05, 0) is 18.5 Å². The van der Waals surface area contributed by atoms with E-state index < -0.39 is 0 Å². The molecule has 0 N–H and O–H groups in total. The van der Waals surface area contributed by atoms with Gasteiger partial charge in [0, 0.05) is 11.4 Å². The summed E-state index contributed by atoms with van der Waals surface area (Å²) in [5, 5.41) is 2.22. The van der Waals surface area contributed by atoms with E-state index in [4.69, 9.17) is 0 Å². The lowest BCUT2D eigenvalue weighted by molar-refractivity contribution is 0.336. The summed E-state index contributed by atoms with van der Waals surface area (Å²) >= 11 is 1.88. The van der Waals surface area contributed by atoms with Crippen molar-refractivity contribution >= 4 is 11.8 Å². The second kappa shape index (κ2) is 3.28. The lowest BCUT2D eigenvalue weighted by Crippen LogP contribution is -2.23. The maximum atomic E-state index is 2.42. The van der Waals surface area contributed by atoms with E-state index in [9.17, 15) is 0 Å². The molecule has 0 aromatic rings. The SMILES string of the molecule is CCN(CC)CC1=CS1. The molecule has 1 nitrogen and oxygen atoms in total. The zero-order chi connectivity index (χ0) is 6.69. The molecule has 1 heterocycles. The molecule has 0 aromatic carbocycles. The zero-order valence-corrected chi connectivity index (χ0v) is 6.87. The van der Waals surface area contributed by atoms with Crippen LogP contribution in [0.2, 0.25) is 0 Å². The van der Waals surface area contributed by atoms with Crippen LogP contribution in [0.1, 0.15) is 13.8 Å². The highest BCUT2D eigenvalue weighted by atomic mass is 32.2. The number of likely N-dealkylation sites (N-methyl/N-ethyl adjacent to an activating group) is 1.